The summed E-state index contributed by atoms with van der Waals surface area (Å²) in [7, 11) is 1.91. The Morgan fingerprint density at radius 3 is 2.54 bits per heavy atom. The Kier molecular flexibility index (Phi) is 7.26. The molecule has 5 heteroatoms. The van der Waals surface area contributed by atoms with E-state index in [0.717, 1.165) is 26.1 Å². The average molecular weight is 383 g/mol. The monoisotopic (exact) mass is 382 g/mol. The van der Waals surface area contributed by atoms with E-state index in [4.69, 9.17) is 0 Å². The molecule has 1 aliphatic rings. The summed E-state index contributed by atoms with van der Waals surface area (Å²) in [5.41, 5.74) is 2.48. The van der Waals surface area contributed by atoms with E-state index in [1.165, 1.54) is 24.0 Å². The number of rotatable bonds is 8. The maximum atomic E-state index is 12.5. The van der Waals surface area contributed by atoms with E-state index < -0.39 is 0 Å². The van der Waals surface area contributed by atoms with Gasteiger partial charge in [-0.15, -0.1) is 0 Å². The molecule has 1 aromatic heterocycles. The number of likely N-dealkylation sites (tertiary alicyclic amines) is 1. The Bertz CT molecular complexity index is 732. The van der Waals surface area contributed by atoms with Crippen LogP contribution in [0.25, 0.3) is 0 Å². The summed E-state index contributed by atoms with van der Waals surface area (Å²) in [6, 6.07) is 10.6. The molecule has 1 aliphatic heterocycles. The van der Waals surface area contributed by atoms with E-state index in [1.807, 2.05) is 41.0 Å². The van der Waals surface area contributed by atoms with E-state index in [9.17, 15) is 4.79 Å². The predicted molar refractivity (Wildman–Crippen MR) is 113 cm³/mol. The van der Waals surface area contributed by atoms with Crippen molar-refractivity contribution >= 4 is 5.91 Å². The molecule has 0 N–H and O–H groups in total. The van der Waals surface area contributed by atoms with Crippen molar-refractivity contribution in [3.05, 3.63) is 53.9 Å². The number of benzene rings is 1. The lowest BCUT2D eigenvalue weighted by Gasteiger charge is -2.31. The highest BCUT2D eigenvalue weighted by Gasteiger charge is 2.21. The van der Waals surface area contributed by atoms with E-state index in [0.29, 0.717) is 24.9 Å². The van der Waals surface area contributed by atoms with Crippen LogP contribution in [0.1, 0.15) is 56.7 Å². The number of hydrogen-bond acceptors (Lipinski definition) is 3. The van der Waals surface area contributed by atoms with Gasteiger partial charge in [-0.3, -0.25) is 14.4 Å². The van der Waals surface area contributed by atoms with Crippen LogP contribution in [-0.4, -0.2) is 45.6 Å². The van der Waals surface area contributed by atoms with Crippen molar-refractivity contribution in [2.45, 2.75) is 58.7 Å². The maximum Gasteiger partial charge on any atom is 0.222 e. The number of hydrogen-bond donors (Lipinski definition) is 0. The van der Waals surface area contributed by atoms with Crippen molar-refractivity contribution in [3.63, 3.8) is 0 Å². The maximum absolute atomic E-state index is 12.5. The molecule has 0 atom stereocenters. The predicted octanol–water partition coefficient (Wildman–Crippen LogP) is 4.11. The zero-order valence-electron chi connectivity index (χ0n) is 17.6. The molecule has 1 amide bonds. The van der Waals surface area contributed by atoms with Crippen LogP contribution in [-0.2, 0) is 17.9 Å². The van der Waals surface area contributed by atoms with Crippen LogP contribution in [0.5, 0.6) is 0 Å². The molecule has 1 fully saturated rings. The molecular weight excluding hydrogens is 348 g/mol. The van der Waals surface area contributed by atoms with Gasteiger partial charge in [0, 0.05) is 44.4 Å². The second-order valence-electron chi connectivity index (χ2n) is 8.42. The van der Waals surface area contributed by atoms with Gasteiger partial charge in [-0.1, -0.05) is 30.3 Å². The van der Waals surface area contributed by atoms with Gasteiger partial charge in [0.05, 0.1) is 6.20 Å². The minimum atomic E-state index is 0.257. The van der Waals surface area contributed by atoms with Crippen molar-refractivity contribution in [1.29, 1.82) is 0 Å². The molecular formula is C23H34N4O. The van der Waals surface area contributed by atoms with Crippen LogP contribution in [0.4, 0.5) is 0 Å². The largest absolute Gasteiger partial charge is 0.341 e. The van der Waals surface area contributed by atoms with Crippen LogP contribution < -0.4 is 0 Å². The Balaban J connectivity index is 1.36. The molecule has 0 bridgehead atoms. The number of amides is 1. The normalized spacial score (nSPS) is 15.9. The highest BCUT2D eigenvalue weighted by molar-refractivity contribution is 5.75. The average Bonchev–Trinajstić information content (AvgIpc) is 3.17. The topological polar surface area (TPSA) is 41.4 Å². The Morgan fingerprint density at radius 2 is 1.89 bits per heavy atom. The molecule has 152 valence electrons. The molecule has 0 aliphatic carbocycles. The van der Waals surface area contributed by atoms with Gasteiger partial charge < -0.3 is 4.90 Å². The van der Waals surface area contributed by atoms with Crippen molar-refractivity contribution in [2.24, 2.45) is 5.92 Å². The highest BCUT2D eigenvalue weighted by atomic mass is 16.2. The lowest BCUT2D eigenvalue weighted by Crippen LogP contribution is -2.34. The third-order valence-corrected chi connectivity index (χ3v) is 5.75. The number of carbonyl (C=O) groups excluding carboxylic acids is 1. The summed E-state index contributed by atoms with van der Waals surface area (Å²) >= 11 is 0. The summed E-state index contributed by atoms with van der Waals surface area (Å²) < 4.78 is 2.03. The van der Waals surface area contributed by atoms with E-state index in [2.05, 4.69) is 42.2 Å². The number of nitrogens with zero attached hydrogens (tertiary/aromatic N) is 4. The fourth-order valence-corrected chi connectivity index (χ4v) is 3.90. The fourth-order valence-electron chi connectivity index (χ4n) is 3.90. The SMILES string of the molecule is CC(C)n1cc(CN2CCC(CCC(=O)N(C)Cc3ccccc3)CC2)cn1. The first-order chi connectivity index (χ1) is 13.5. The van der Waals surface area contributed by atoms with Crippen molar-refractivity contribution in [2.75, 3.05) is 20.1 Å². The second kappa shape index (κ2) is 9.87. The van der Waals surface area contributed by atoms with Crippen molar-refractivity contribution in [3.8, 4) is 0 Å². The molecule has 0 unspecified atom stereocenters. The molecule has 2 aromatic rings. The molecule has 1 aromatic carbocycles. The first-order valence-electron chi connectivity index (χ1n) is 10.5. The van der Waals surface area contributed by atoms with Crippen LogP contribution >= 0.6 is 0 Å². The van der Waals surface area contributed by atoms with Crippen molar-refractivity contribution < 1.29 is 4.79 Å². The third kappa shape index (κ3) is 5.93. The van der Waals surface area contributed by atoms with Gasteiger partial charge in [-0.2, -0.15) is 5.10 Å². The zero-order valence-corrected chi connectivity index (χ0v) is 17.6. The highest BCUT2D eigenvalue weighted by Crippen LogP contribution is 2.23. The quantitative estimate of drug-likeness (QED) is 0.690. The lowest BCUT2D eigenvalue weighted by molar-refractivity contribution is -0.130. The van der Waals surface area contributed by atoms with Gasteiger partial charge >= 0.3 is 0 Å². The van der Waals surface area contributed by atoms with Crippen LogP contribution in [0, 0.1) is 5.92 Å². The summed E-state index contributed by atoms with van der Waals surface area (Å²) in [6.07, 6.45) is 8.21. The molecule has 0 spiro atoms. The molecule has 2 heterocycles. The van der Waals surface area contributed by atoms with Gasteiger partial charge in [-0.25, -0.2) is 0 Å². The molecule has 5 nitrogen and oxygen atoms in total. The Hall–Kier alpha value is -2.14. The lowest BCUT2D eigenvalue weighted by atomic mass is 9.92. The number of carbonyl (C=O) groups is 1. The van der Waals surface area contributed by atoms with Crippen LogP contribution in [0.2, 0.25) is 0 Å². The summed E-state index contributed by atoms with van der Waals surface area (Å²) in [5, 5.41) is 4.44. The zero-order chi connectivity index (χ0) is 19.9. The van der Waals surface area contributed by atoms with Gasteiger partial charge in [0.1, 0.15) is 0 Å². The van der Waals surface area contributed by atoms with E-state index in [1.54, 1.807) is 0 Å². The Morgan fingerprint density at radius 1 is 1.18 bits per heavy atom. The smallest absolute Gasteiger partial charge is 0.222 e. The molecule has 0 radical (unpaired) electrons. The third-order valence-electron chi connectivity index (χ3n) is 5.75. The summed E-state index contributed by atoms with van der Waals surface area (Å²) in [5.74, 6) is 0.927. The van der Waals surface area contributed by atoms with Gasteiger partial charge in [0.15, 0.2) is 0 Å². The van der Waals surface area contributed by atoms with Crippen LogP contribution in [0.3, 0.4) is 0 Å². The minimum Gasteiger partial charge on any atom is -0.341 e. The molecule has 28 heavy (non-hydrogen) atoms. The number of piperidine rings is 1. The Labute approximate surface area is 169 Å². The van der Waals surface area contributed by atoms with E-state index in [-0.39, 0.29) is 5.91 Å². The molecule has 0 saturated carbocycles. The molecule has 1 saturated heterocycles. The van der Waals surface area contributed by atoms with Gasteiger partial charge in [-0.05, 0) is 57.7 Å². The standard InChI is InChI=1S/C23H34N4O/c1-19(2)27-18-22(15-24-27)17-26-13-11-20(12-14-26)9-10-23(28)25(3)16-21-7-5-4-6-8-21/h4-8,15,18-20H,9-14,16-17H2,1-3H3. The summed E-state index contributed by atoms with van der Waals surface area (Å²) in [4.78, 5) is 16.8. The first-order valence-corrected chi connectivity index (χ1v) is 10.5. The second-order valence-corrected chi connectivity index (χ2v) is 8.42. The number of aromatic nitrogens is 2. The fraction of sp³-hybridized carbons (Fsp3) is 0.565. The van der Waals surface area contributed by atoms with Crippen LogP contribution in [0.15, 0.2) is 42.7 Å². The van der Waals surface area contributed by atoms with Crippen molar-refractivity contribution in [1.82, 2.24) is 19.6 Å². The summed E-state index contributed by atoms with van der Waals surface area (Å²) in [6.45, 7) is 8.22. The first kappa shape index (κ1) is 20.6. The van der Waals surface area contributed by atoms with Gasteiger partial charge in [0.2, 0.25) is 5.91 Å². The van der Waals surface area contributed by atoms with Gasteiger partial charge in [0.25, 0.3) is 0 Å². The molecule has 3 rings (SSSR count). The van der Waals surface area contributed by atoms with E-state index >= 15 is 0 Å². The minimum absolute atomic E-state index is 0.257.